The first-order valence-corrected chi connectivity index (χ1v) is 11.4. The van der Waals surface area contributed by atoms with Gasteiger partial charge in [-0.15, -0.1) is 0 Å². The largest absolute Gasteiger partial charge is 0.496 e. The number of piperidine rings is 1. The van der Waals surface area contributed by atoms with E-state index in [4.69, 9.17) is 4.74 Å². The molecule has 2 aliphatic rings. The Morgan fingerprint density at radius 1 is 1.12 bits per heavy atom. The number of hydrogen-bond donors (Lipinski definition) is 1. The standard InChI is InChI=1S/C20H32N2O3S/c1-16-14-19(8-9-20(16)25-2)26(23,24)21-18-10-12-22(13-11-18)15-17-6-4-3-5-7-17/h8-9,14,17-18,21H,3-7,10-13,15H2,1-2H3. The number of likely N-dealkylation sites (tertiary alicyclic amines) is 1. The molecule has 5 nitrogen and oxygen atoms in total. The fraction of sp³-hybridized carbons (Fsp3) is 0.700. The Bertz CT molecular complexity index is 691. The maximum Gasteiger partial charge on any atom is 0.240 e. The Morgan fingerprint density at radius 3 is 2.42 bits per heavy atom. The summed E-state index contributed by atoms with van der Waals surface area (Å²) in [4.78, 5) is 2.85. The van der Waals surface area contributed by atoms with E-state index in [9.17, 15) is 8.42 Å². The number of rotatable bonds is 6. The summed E-state index contributed by atoms with van der Waals surface area (Å²) in [6, 6.07) is 5.05. The normalized spacial score (nSPS) is 21.0. The topological polar surface area (TPSA) is 58.6 Å². The van der Waals surface area contributed by atoms with Crippen LogP contribution in [0.25, 0.3) is 0 Å². The summed E-state index contributed by atoms with van der Waals surface area (Å²) in [5, 5.41) is 0. The zero-order valence-electron chi connectivity index (χ0n) is 16.0. The molecule has 26 heavy (non-hydrogen) atoms. The molecule has 0 atom stereocenters. The molecule has 0 amide bonds. The Kier molecular flexibility index (Phi) is 6.59. The highest BCUT2D eigenvalue weighted by Crippen LogP contribution is 2.26. The molecule has 0 radical (unpaired) electrons. The smallest absolute Gasteiger partial charge is 0.240 e. The lowest BCUT2D eigenvalue weighted by atomic mass is 9.88. The van der Waals surface area contributed by atoms with E-state index in [1.165, 1.54) is 38.6 Å². The number of ether oxygens (including phenoxy) is 1. The van der Waals surface area contributed by atoms with Crippen LogP contribution in [0.2, 0.25) is 0 Å². The average Bonchev–Trinajstić information content (AvgIpc) is 2.64. The van der Waals surface area contributed by atoms with Gasteiger partial charge in [0.1, 0.15) is 5.75 Å². The molecule has 1 heterocycles. The molecule has 1 aliphatic carbocycles. The van der Waals surface area contributed by atoms with E-state index in [1.807, 2.05) is 6.92 Å². The molecule has 1 N–H and O–H groups in total. The third-order valence-corrected chi connectivity index (χ3v) is 7.35. The van der Waals surface area contributed by atoms with Crippen molar-refractivity contribution in [1.29, 1.82) is 0 Å². The number of sulfonamides is 1. The van der Waals surface area contributed by atoms with Crippen molar-refractivity contribution < 1.29 is 13.2 Å². The van der Waals surface area contributed by atoms with E-state index >= 15 is 0 Å². The van der Waals surface area contributed by atoms with Crippen LogP contribution in [-0.4, -0.2) is 46.1 Å². The number of hydrogen-bond acceptors (Lipinski definition) is 4. The predicted molar refractivity (Wildman–Crippen MR) is 104 cm³/mol. The highest BCUT2D eigenvalue weighted by atomic mass is 32.2. The van der Waals surface area contributed by atoms with Gasteiger partial charge in [-0.3, -0.25) is 0 Å². The predicted octanol–water partition coefficient (Wildman–Crippen LogP) is 3.33. The Hall–Kier alpha value is -1.11. The monoisotopic (exact) mass is 380 g/mol. The van der Waals surface area contributed by atoms with Gasteiger partial charge in [0.2, 0.25) is 10.0 Å². The summed E-state index contributed by atoms with van der Waals surface area (Å²) >= 11 is 0. The van der Waals surface area contributed by atoms with Crippen LogP contribution in [0, 0.1) is 12.8 Å². The Balaban J connectivity index is 1.52. The van der Waals surface area contributed by atoms with Crippen LogP contribution >= 0.6 is 0 Å². The molecule has 3 rings (SSSR count). The molecule has 0 spiro atoms. The van der Waals surface area contributed by atoms with Crippen LogP contribution < -0.4 is 9.46 Å². The summed E-state index contributed by atoms with van der Waals surface area (Å²) in [6.45, 7) is 5.04. The van der Waals surface area contributed by atoms with Crippen molar-refractivity contribution in [2.45, 2.75) is 62.8 Å². The van der Waals surface area contributed by atoms with E-state index in [0.717, 1.165) is 37.4 Å². The molecule has 6 heteroatoms. The highest BCUT2D eigenvalue weighted by Gasteiger charge is 2.26. The Morgan fingerprint density at radius 2 is 1.81 bits per heavy atom. The maximum absolute atomic E-state index is 12.7. The van der Waals surface area contributed by atoms with E-state index in [0.29, 0.717) is 10.6 Å². The van der Waals surface area contributed by atoms with E-state index in [1.54, 1.807) is 25.3 Å². The van der Waals surface area contributed by atoms with Gasteiger partial charge in [-0.05, 0) is 75.4 Å². The van der Waals surface area contributed by atoms with Gasteiger partial charge in [0.25, 0.3) is 0 Å². The lowest BCUT2D eigenvalue weighted by Gasteiger charge is -2.35. The van der Waals surface area contributed by atoms with Crippen LogP contribution in [0.3, 0.4) is 0 Å². The first kappa shape index (κ1) is 19.6. The SMILES string of the molecule is COc1ccc(S(=O)(=O)NC2CCN(CC3CCCCC3)CC2)cc1C. The van der Waals surface area contributed by atoms with E-state index < -0.39 is 10.0 Å². The molecule has 146 valence electrons. The van der Waals surface area contributed by atoms with Gasteiger partial charge in [0, 0.05) is 12.6 Å². The van der Waals surface area contributed by atoms with Crippen molar-refractivity contribution >= 4 is 10.0 Å². The molecule has 1 aromatic carbocycles. The number of nitrogens with zero attached hydrogens (tertiary/aromatic N) is 1. The van der Waals surface area contributed by atoms with Crippen LogP contribution in [0.1, 0.15) is 50.5 Å². The fourth-order valence-corrected chi connectivity index (χ4v) is 5.66. The first-order chi connectivity index (χ1) is 12.5. The van der Waals surface area contributed by atoms with Gasteiger partial charge in [-0.25, -0.2) is 13.1 Å². The lowest BCUT2D eigenvalue weighted by molar-refractivity contribution is 0.161. The first-order valence-electron chi connectivity index (χ1n) is 9.87. The lowest BCUT2D eigenvalue weighted by Crippen LogP contribution is -2.45. The highest BCUT2D eigenvalue weighted by molar-refractivity contribution is 7.89. The minimum atomic E-state index is -3.48. The number of nitrogens with one attached hydrogen (secondary N) is 1. The van der Waals surface area contributed by atoms with Crippen molar-refractivity contribution in [3.8, 4) is 5.75 Å². The van der Waals surface area contributed by atoms with Crippen molar-refractivity contribution in [3.05, 3.63) is 23.8 Å². The van der Waals surface area contributed by atoms with Crippen molar-refractivity contribution in [2.75, 3.05) is 26.7 Å². The van der Waals surface area contributed by atoms with E-state index in [2.05, 4.69) is 9.62 Å². The summed E-state index contributed by atoms with van der Waals surface area (Å²) < 4.78 is 33.5. The summed E-state index contributed by atoms with van der Waals surface area (Å²) in [7, 11) is -1.88. The Labute approximate surface area is 158 Å². The maximum atomic E-state index is 12.7. The molecule has 1 saturated heterocycles. The van der Waals surface area contributed by atoms with Gasteiger partial charge in [0.05, 0.1) is 12.0 Å². The molecule has 2 fully saturated rings. The molecular weight excluding hydrogens is 348 g/mol. The van der Waals surface area contributed by atoms with Gasteiger partial charge in [-0.1, -0.05) is 19.3 Å². The van der Waals surface area contributed by atoms with Crippen LogP contribution in [-0.2, 0) is 10.0 Å². The summed E-state index contributed by atoms with van der Waals surface area (Å²) in [6.07, 6.45) is 8.66. The molecule has 0 unspecified atom stereocenters. The van der Waals surface area contributed by atoms with Crippen LogP contribution in [0.15, 0.2) is 23.1 Å². The fourth-order valence-electron chi connectivity index (χ4n) is 4.27. The second-order valence-electron chi connectivity index (χ2n) is 7.83. The number of benzene rings is 1. The van der Waals surface area contributed by atoms with Crippen LogP contribution in [0.5, 0.6) is 5.75 Å². The third-order valence-electron chi connectivity index (χ3n) is 5.83. The molecule has 1 aliphatic heterocycles. The second kappa shape index (κ2) is 8.72. The van der Waals surface area contributed by atoms with E-state index in [-0.39, 0.29) is 6.04 Å². The van der Waals surface area contributed by atoms with Crippen molar-refractivity contribution in [2.24, 2.45) is 5.92 Å². The third kappa shape index (κ3) is 4.99. The molecule has 0 bridgehead atoms. The van der Waals surface area contributed by atoms with Gasteiger partial charge in [-0.2, -0.15) is 0 Å². The molecular formula is C20H32N2O3S. The minimum Gasteiger partial charge on any atom is -0.496 e. The van der Waals surface area contributed by atoms with Gasteiger partial charge >= 0.3 is 0 Å². The number of methoxy groups -OCH3 is 1. The zero-order chi connectivity index (χ0) is 18.6. The summed E-state index contributed by atoms with van der Waals surface area (Å²) in [5.41, 5.74) is 0.831. The van der Waals surface area contributed by atoms with Crippen molar-refractivity contribution in [3.63, 3.8) is 0 Å². The quantitative estimate of drug-likeness (QED) is 0.822. The second-order valence-corrected chi connectivity index (χ2v) is 9.55. The number of aryl methyl sites for hydroxylation is 1. The van der Waals surface area contributed by atoms with Crippen molar-refractivity contribution in [1.82, 2.24) is 9.62 Å². The molecule has 0 aromatic heterocycles. The van der Waals surface area contributed by atoms with Crippen LogP contribution in [0.4, 0.5) is 0 Å². The summed E-state index contributed by atoms with van der Waals surface area (Å²) in [5.74, 6) is 1.55. The molecule has 1 aromatic rings. The minimum absolute atomic E-state index is 0.0324. The average molecular weight is 381 g/mol. The van der Waals surface area contributed by atoms with Gasteiger partial charge < -0.3 is 9.64 Å². The van der Waals surface area contributed by atoms with Gasteiger partial charge in [0.15, 0.2) is 0 Å². The molecule has 1 saturated carbocycles. The zero-order valence-corrected chi connectivity index (χ0v) is 16.9.